The first-order chi connectivity index (χ1) is 10.0. The Morgan fingerprint density at radius 2 is 1.95 bits per heavy atom. The van der Waals surface area contributed by atoms with Crippen LogP contribution in [-0.4, -0.2) is 37.5 Å². The number of nitrogens with two attached hydrogens (primary N) is 1. The molecule has 1 fully saturated rings. The fourth-order valence-electron chi connectivity index (χ4n) is 2.50. The van der Waals surface area contributed by atoms with Crippen molar-refractivity contribution in [2.24, 2.45) is 5.73 Å². The van der Waals surface area contributed by atoms with Crippen LogP contribution in [0.25, 0.3) is 0 Å². The summed E-state index contributed by atoms with van der Waals surface area (Å²) < 4.78 is 65.1. The zero-order valence-corrected chi connectivity index (χ0v) is 13.3. The van der Waals surface area contributed by atoms with Gasteiger partial charge in [-0.2, -0.15) is 17.5 Å². The highest BCUT2D eigenvalue weighted by atomic mass is 35.5. The summed E-state index contributed by atoms with van der Waals surface area (Å²) in [6.07, 6.45) is -4.88. The third-order valence-electron chi connectivity index (χ3n) is 3.62. The Hall–Kier alpha value is -0.830. The number of aryl methyl sites for hydroxylation is 1. The Kier molecular flexibility index (Phi) is 4.77. The van der Waals surface area contributed by atoms with Crippen molar-refractivity contribution in [3.63, 3.8) is 0 Å². The van der Waals surface area contributed by atoms with E-state index in [2.05, 4.69) is 0 Å². The van der Waals surface area contributed by atoms with E-state index in [1.807, 2.05) is 0 Å². The third-order valence-corrected chi connectivity index (χ3v) is 5.98. The second-order valence-corrected chi connectivity index (χ2v) is 7.67. The van der Waals surface area contributed by atoms with Gasteiger partial charge in [0.05, 0.1) is 5.02 Å². The van der Waals surface area contributed by atoms with Gasteiger partial charge >= 0.3 is 6.18 Å². The molecule has 1 aliphatic rings. The monoisotopic (exact) mass is 356 g/mol. The lowest BCUT2D eigenvalue weighted by Gasteiger charge is -2.38. The molecule has 1 aromatic rings. The highest BCUT2D eigenvalue weighted by Crippen LogP contribution is 2.36. The predicted octanol–water partition coefficient (Wildman–Crippen LogP) is 2.69. The van der Waals surface area contributed by atoms with E-state index in [1.165, 1.54) is 18.2 Å². The zero-order chi connectivity index (χ0) is 16.7. The number of hydrogen-bond acceptors (Lipinski definition) is 3. The average Bonchev–Trinajstić information content (AvgIpc) is 2.36. The Morgan fingerprint density at radius 3 is 2.50 bits per heavy atom. The van der Waals surface area contributed by atoms with Gasteiger partial charge in [-0.25, -0.2) is 8.42 Å². The van der Waals surface area contributed by atoms with Gasteiger partial charge in [0.2, 0.25) is 10.0 Å². The molecular formula is C13H16ClF3N2O2S. The summed E-state index contributed by atoms with van der Waals surface area (Å²) in [5, 5.41) is -0.0972. The van der Waals surface area contributed by atoms with Crippen molar-refractivity contribution in [2.75, 3.05) is 6.54 Å². The minimum absolute atomic E-state index is 0.0972. The van der Waals surface area contributed by atoms with Crippen LogP contribution in [0.15, 0.2) is 23.1 Å². The number of halogens is 4. The van der Waals surface area contributed by atoms with Crippen LogP contribution < -0.4 is 5.73 Å². The number of rotatable bonds is 2. The average molecular weight is 357 g/mol. The number of hydrogen-bond donors (Lipinski definition) is 1. The Bertz CT molecular complexity index is 664. The molecule has 0 spiro atoms. The first-order valence-electron chi connectivity index (χ1n) is 6.64. The lowest BCUT2D eigenvalue weighted by molar-refractivity contribution is -0.178. The van der Waals surface area contributed by atoms with Crippen molar-refractivity contribution in [1.82, 2.24) is 4.31 Å². The maximum Gasteiger partial charge on any atom is 0.405 e. The van der Waals surface area contributed by atoms with Crippen molar-refractivity contribution < 1.29 is 21.6 Å². The largest absolute Gasteiger partial charge is 0.405 e. The quantitative estimate of drug-likeness (QED) is 0.886. The van der Waals surface area contributed by atoms with Crippen molar-refractivity contribution >= 4 is 21.6 Å². The van der Waals surface area contributed by atoms with Crippen LogP contribution in [0.1, 0.15) is 18.4 Å². The van der Waals surface area contributed by atoms with Crippen LogP contribution in [0.4, 0.5) is 13.2 Å². The lowest BCUT2D eigenvalue weighted by atomic mass is 10.0. The molecule has 2 rings (SSSR count). The second-order valence-electron chi connectivity index (χ2n) is 5.40. The van der Waals surface area contributed by atoms with Crippen LogP contribution in [0.3, 0.4) is 0 Å². The van der Waals surface area contributed by atoms with Crippen LogP contribution in [-0.2, 0) is 10.0 Å². The van der Waals surface area contributed by atoms with Crippen molar-refractivity contribution in [3.8, 4) is 0 Å². The first-order valence-corrected chi connectivity index (χ1v) is 8.45. The van der Waals surface area contributed by atoms with E-state index in [9.17, 15) is 21.6 Å². The number of piperidine rings is 1. The molecule has 124 valence electrons. The van der Waals surface area contributed by atoms with Crippen LogP contribution in [0.5, 0.6) is 0 Å². The molecule has 0 bridgehead atoms. The van der Waals surface area contributed by atoms with E-state index < -0.39 is 28.3 Å². The molecule has 0 aromatic heterocycles. The molecular weight excluding hydrogens is 341 g/mol. The summed E-state index contributed by atoms with van der Waals surface area (Å²) >= 11 is 5.91. The highest BCUT2D eigenvalue weighted by molar-refractivity contribution is 7.89. The zero-order valence-electron chi connectivity index (χ0n) is 11.8. The molecule has 4 nitrogen and oxygen atoms in total. The molecule has 1 aliphatic heterocycles. The van der Waals surface area contributed by atoms with Gasteiger partial charge in [0.25, 0.3) is 0 Å². The summed E-state index contributed by atoms with van der Waals surface area (Å²) in [4.78, 5) is -0.330. The molecule has 9 heteroatoms. The Balaban J connectivity index is 2.48. The maximum atomic E-state index is 13.1. The number of sulfonamides is 1. The normalized spacial score (nSPS) is 24.5. The maximum absolute atomic E-state index is 13.1. The van der Waals surface area contributed by atoms with Gasteiger partial charge in [0, 0.05) is 12.6 Å². The molecule has 2 unspecified atom stereocenters. The van der Waals surface area contributed by atoms with Gasteiger partial charge in [-0.05, 0) is 37.5 Å². The van der Waals surface area contributed by atoms with Gasteiger partial charge in [-0.1, -0.05) is 17.7 Å². The second kappa shape index (κ2) is 5.99. The van der Waals surface area contributed by atoms with Gasteiger partial charge in [-0.3, -0.25) is 0 Å². The van der Waals surface area contributed by atoms with Crippen LogP contribution >= 0.6 is 11.6 Å². The summed E-state index contributed by atoms with van der Waals surface area (Å²) in [6, 6.07) is 1.42. The highest BCUT2D eigenvalue weighted by Gasteiger charge is 2.50. The fourth-order valence-corrected chi connectivity index (χ4v) is 4.77. The Morgan fingerprint density at radius 1 is 1.32 bits per heavy atom. The summed E-state index contributed by atoms with van der Waals surface area (Å²) in [7, 11) is -4.37. The molecule has 0 saturated carbocycles. The Labute approximate surface area is 132 Å². The number of benzene rings is 1. The van der Waals surface area contributed by atoms with E-state index in [1.54, 1.807) is 6.92 Å². The van der Waals surface area contributed by atoms with E-state index in [4.69, 9.17) is 17.3 Å². The van der Waals surface area contributed by atoms with Gasteiger partial charge in [0.15, 0.2) is 0 Å². The topological polar surface area (TPSA) is 63.4 Å². The lowest BCUT2D eigenvalue weighted by Crippen LogP contribution is -2.56. The number of nitrogens with zero attached hydrogens (tertiary/aromatic N) is 1. The van der Waals surface area contributed by atoms with E-state index in [-0.39, 0.29) is 29.3 Å². The van der Waals surface area contributed by atoms with E-state index in [0.717, 1.165) is 0 Å². The summed E-state index contributed by atoms with van der Waals surface area (Å²) in [6.45, 7) is 1.33. The minimum Gasteiger partial charge on any atom is -0.327 e. The standard InChI is InChI=1S/C13H16ClF3N2O2S/c1-8-2-4-11(10(14)6-8)22(20,21)19-7-9(18)3-5-12(19)13(15,16)17/h2,4,6,9,12H,3,5,7,18H2,1H3. The first kappa shape index (κ1) is 17.5. The van der Waals surface area contributed by atoms with Crippen molar-refractivity contribution in [2.45, 2.75) is 42.9 Å². The fraction of sp³-hybridized carbons (Fsp3) is 0.538. The minimum atomic E-state index is -4.65. The summed E-state index contributed by atoms with van der Waals surface area (Å²) in [5.74, 6) is 0. The molecule has 2 atom stereocenters. The molecule has 1 heterocycles. The van der Waals surface area contributed by atoms with Crippen LogP contribution in [0, 0.1) is 6.92 Å². The van der Waals surface area contributed by atoms with Gasteiger partial charge in [-0.15, -0.1) is 0 Å². The predicted molar refractivity (Wildman–Crippen MR) is 77.1 cm³/mol. The van der Waals surface area contributed by atoms with Crippen molar-refractivity contribution in [1.29, 1.82) is 0 Å². The SMILES string of the molecule is Cc1ccc(S(=O)(=O)N2CC(N)CCC2C(F)(F)F)c(Cl)c1. The molecule has 0 radical (unpaired) electrons. The number of alkyl halides is 3. The van der Waals surface area contributed by atoms with Gasteiger partial charge in [0.1, 0.15) is 10.9 Å². The van der Waals surface area contributed by atoms with Crippen LogP contribution in [0.2, 0.25) is 5.02 Å². The summed E-state index contributed by atoms with van der Waals surface area (Å²) in [5.41, 5.74) is 6.38. The van der Waals surface area contributed by atoms with Gasteiger partial charge < -0.3 is 5.73 Å². The smallest absolute Gasteiger partial charge is 0.327 e. The molecule has 0 amide bonds. The molecule has 1 saturated heterocycles. The third kappa shape index (κ3) is 3.40. The van der Waals surface area contributed by atoms with E-state index >= 15 is 0 Å². The molecule has 1 aromatic carbocycles. The van der Waals surface area contributed by atoms with Crippen molar-refractivity contribution in [3.05, 3.63) is 28.8 Å². The molecule has 2 N–H and O–H groups in total. The van der Waals surface area contributed by atoms with E-state index in [0.29, 0.717) is 9.87 Å². The molecule has 22 heavy (non-hydrogen) atoms. The molecule has 0 aliphatic carbocycles.